The van der Waals surface area contributed by atoms with Crippen molar-refractivity contribution in [3.63, 3.8) is 0 Å². The molecule has 0 fully saturated rings. The van der Waals surface area contributed by atoms with Gasteiger partial charge >= 0.3 is 0 Å². The van der Waals surface area contributed by atoms with Crippen molar-refractivity contribution < 1.29 is 0 Å². The third-order valence-electron chi connectivity index (χ3n) is 3.02. The van der Waals surface area contributed by atoms with Crippen molar-refractivity contribution >= 4 is 34.9 Å². The van der Waals surface area contributed by atoms with Crippen molar-refractivity contribution in [1.82, 2.24) is 0 Å². The molecule has 0 spiro atoms. The maximum Gasteiger partial charge on any atom is 0.0325 e. The van der Waals surface area contributed by atoms with Crippen LogP contribution in [0.3, 0.4) is 0 Å². The number of nitrogens with two attached hydrogens (primary N) is 2. The van der Waals surface area contributed by atoms with Crippen molar-refractivity contribution in [2.45, 2.75) is 19.6 Å². The second-order valence-electron chi connectivity index (χ2n) is 4.82. The molecule has 4 heteroatoms. The Morgan fingerprint density at radius 3 is 1.68 bits per heavy atom. The summed E-state index contributed by atoms with van der Waals surface area (Å²) in [4.78, 5) is 4.74. The molecule has 3 rings (SSSR count). The number of hydrogen-bond donors (Lipinski definition) is 2. The maximum atomic E-state index is 5.83. The molecule has 0 heterocycles. The van der Waals surface area contributed by atoms with Crippen LogP contribution < -0.4 is 11.5 Å². The van der Waals surface area contributed by atoms with Crippen molar-refractivity contribution in [1.29, 1.82) is 0 Å². The van der Waals surface area contributed by atoms with E-state index in [-0.39, 0.29) is 0 Å². The van der Waals surface area contributed by atoms with Crippen LogP contribution in [-0.2, 0) is 0 Å². The minimum Gasteiger partial charge on any atom is -0.399 e. The molecule has 0 atom stereocenters. The second-order valence-corrected chi connectivity index (χ2v) is 7.11. The molecule has 0 saturated heterocycles. The average molecular weight is 324 g/mol. The van der Waals surface area contributed by atoms with E-state index in [4.69, 9.17) is 11.5 Å². The Hall–Kier alpha value is -2.04. The monoisotopic (exact) mass is 324 g/mol. The molecule has 2 nitrogen and oxygen atoms in total. The van der Waals surface area contributed by atoms with Crippen LogP contribution in [0.15, 0.2) is 92.4 Å². The summed E-state index contributed by atoms with van der Waals surface area (Å²) in [6.45, 7) is 0. The highest BCUT2D eigenvalue weighted by Crippen LogP contribution is 2.34. The van der Waals surface area contributed by atoms with E-state index in [9.17, 15) is 0 Å². The molecule has 0 aromatic heterocycles. The number of rotatable bonds is 4. The van der Waals surface area contributed by atoms with Gasteiger partial charge in [0.1, 0.15) is 0 Å². The van der Waals surface area contributed by atoms with Crippen LogP contribution in [0.2, 0.25) is 0 Å². The van der Waals surface area contributed by atoms with Crippen molar-refractivity contribution in [2.75, 3.05) is 11.5 Å². The molecule has 0 aliphatic carbocycles. The predicted octanol–water partition coefficient (Wildman–Crippen LogP) is 5.15. The first-order chi connectivity index (χ1) is 10.7. The van der Waals surface area contributed by atoms with E-state index in [1.807, 2.05) is 42.5 Å². The summed E-state index contributed by atoms with van der Waals surface area (Å²) in [5.74, 6) is 0. The average Bonchev–Trinajstić information content (AvgIpc) is 2.50. The van der Waals surface area contributed by atoms with Crippen molar-refractivity contribution in [3.05, 3.63) is 72.8 Å². The van der Waals surface area contributed by atoms with E-state index in [2.05, 4.69) is 30.3 Å². The molecule has 22 heavy (non-hydrogen) atoms. The lowest BCUT2D eigenvalue weighted by Crippen LogP contribution is -1.84. The highest BCUT2D eigenvalue weighted by atomic mass is 32.2. The Morgan fingerprint density at radius 1 is 0.500 bits per heavy atom. The second kappa shape index (κ2) is 6.81. The number of hydrogen-bond acceptors (Lipinski definition) is 4. The molecule has 3 aromatic rings. The van der Waals surface area contributed by atoms with Gasteiger partial charge in [0.25, 0.3) is 0 Å². The largest absolute Gasteiger partial charge is 0.399 e. The minimum absolute atomic E-state index is 0.787. The van der Waals surface area contributed by atoms with Gasteiger partial charge in [0.05, 0.1) is 0 Å². The first-order valence-corrected chi connectivity index (χ1v) is 8.49. The summed E-state index contributed by atoms with van der Waals surface area (Å²) < 4.78 is 0. The molecule has 0 radical (unpaired) electrons. The Labute approximate surface area is 138 Å². The third kappa shape index (κ3) is 4.00. The number of anilines is 2. The van der Waals surface area contributed by atoms with Crippen LogP contribution in [0.25, 0.3) is 0 Å². The lowest BCUT2D eigenvalue weighted by atomic mass is 10.3. The molecule has 4 N–H and O–H groups in total. The molecule has 0 aliphatic heterocycles. The number of benzene rings is 3. The first kappa shape index (κ1) is 14.9. The first-order valence-electron chi connectivity index (χ1n) is 6.86. The Morgan fingerprint density at radius 2 is 1.05 bits per heavy atom. The highest BCUT2D eigenvalue weighted by molar-refractivity contribution is 8.00. The van der Waals surface area contributed by atoms with Gasteiger partial charge in [-0.25, -0.2) is 0 Å². The molecular formula is C18H16N2S2. The van der Waals surface area contributed by atoms with Gasteiger partial charge in [-0.15, -0.1) is 0 Å². The van der Waals surface area contributed by atoms with E-state index in [0.29, 0.717) is 0 Å². The van der Waals surface area contributed by atoms with Gasteiger partial charge in [-0.1, -0.05) is 35.7 Å². The fraction of sp³-hybridized carbons (Fsp3) is 0. The van der Waals surface area contributed by atoms with Gasteiger partial charge in [0, 0.05) is 31.0 Å². The van der Waals surface area contributed by atoms with Crippen LogP contribution in [0.5, 0.6) is 0 Å². The normalized spacial score (nSPS) is 10.5. The zero-order valence-electron chi connectivity index (χ0n) is 11.9. The summed E-state index contributed by atoms with van der Waals surface area (Å²) in [7, 11) is 0. The summed E-state index contributed by atoms with van der Waals surface area (Å²) in [6, 6.07) is 24.4. The van der Waals surface area contributed by atoms with Crippen LogP contribution in [0.4, 0.5) is 11.4 Å². The molecule has 0 aliphatic rings. The predicted molar refractivity (Wildman–Crippen MR) is 96.4 cm³/mol. The van der Waals surface area contributed by atoms with E-state index in [1.165, 1.54) is 14.7 Å². The van der Waals surface area contributed by atoms with Gasteiger partial charge in [-0.05, 0) is 60.7 Å². The van der Waals surface area contributed by atoms with Crippen LogP contribution in [-0.4, -0.2) is 0 Å². The van der Waals surface area contributed by atoms with Gasteiger partial charge in [0.15, 0.2) is 0 Å². The Kier molecular flexibility index (Phi) is 4.61. The van der Waals surface area contributed by atoms with Crippen molar-refractivity contribution in [2.24, 2.45) is 0 Å². The van der Waals surface area contributed by atoms with E-state index in [0.717, 1.165) is 16.3 Å². The van der Waals surface area contributed by atoms with E-state index < -0.39 is 0 Å². The molecule has 0 unspecified atom stereocenters. The van der Waals surface area contributed by atoms with E-state index in [1.54, 1.807) is 23.5 Å². The Bertz CT molecular complexity index is 770. The smallest absolute Gasteiger partial charge is 0.0325 e. The van der Waals surface area contributed by atoms with Crippen LogP contribution in [0.1, 0.15) is 0 Å². The number of nitrogen functional groups attached to an aromatic ring is 2. The third-order valence-corrected chi connectivity index (χ3v) is 4.99. The Balaban J connectivity index is 1.76. The molecule has 3 aromatic carbocycles. The fourth-order valence-electron chi connectivity index (χ4n) is 1.99. The quantitative estimate of drug-likeness (QED) is 0.651. The zero-order valence-corrected chi connectivity index (χ0v) is 13.5. The SMILES string of the molecule is Nc1ccc(Sc2cccc(Sc3cccc(N)c3)c2)cc1. The summed E-state index contributed by atoms with van der Waals surface area (Å²) in [6.07, 6.45) is 0. The van der Waals surface area contributed by atoms with Crippen LogP contribution in [0, 0.1) is 0 Å². The summed E-state index contributed by atoms with van der Waals surface area (Å²) in [5.41, 5.74) is 13.1. The lowest BCUT2D eigenvalue weighted by Gasteiger charge is -2.06. The summed E-state index contributed by atoms with van der Waals surface area (Å²) in [5, 5.41) is 0. The molecule has 0 saturated carbocycles. The maximum absolute atomic E-state index is 5.83. The summed E-state index contributed by atoms with van der Waals surface area (Å²) >= 11 is 3.45. The molecule has 110 valence electrons. The zero-order chi connectivity index (χ0) is 15.4. The topological polar surface area (TPSA) is 52.0 Å². The lowest BCUT2D eigenvalue weighted by molar-refractivity contribution is 1.31. The minimum atomic E-state index is 0.787. The van der Waals surface area contributed by atoms with Gasteiger partial charge in [-0.3, -0.25) is 0 Å². The standard InChI is InChI=1S/C18H16N2S2/c19-13-7-9-15(10-8-13)21-17-5-2-6-18(12-17)22-16-4-1-3-14(20)11-16/h1-12H,19-20H2. The van der Waals surface area contributed by atoms with Gasteiger partial charge in [0.2, 0.25) is 0 Å². The molecule has 0 amide bonds. The molecule has 0 bridgehead atoms. The van der Waals surface area contributed by atoms with E-state index >= 15 is 0 Å². The highest BCUT2D eigenvalue weighted by Gasteiger charge is 2.02. The van der Waals surface area contributed by atoms with Gasteiger partial charge < -0.3 is 11.5 Å². The van der Waals surface area contributed by atoms with Gasteiger partial charge in [-0.2, -0.15) is 0 Å². The van der Waals surface area contributed by atoms with Crippen molar-refractivity contribution in [3.8, 4) is 0 Å². The molecular weight excluding hydrogens is 308 g/mol. The fourth-order valence-corrected chi connectivity index (χ4v) is 3.88. The van der Waals surface area contributed by atoms with Crippen LogP contribution >= 0.6 is 23.5 Å².